The van der Waals surface area contributed by atoms with Crippen LogP contribution in [0.1, 0.15) is 56.5 Å². The first-order valence-corrected chi connectivity index (χ1v) is 14.1. The number of hydrogen-bond donors (Lipinski definition) is 0. The van der Waals surface area contributed by atoms with Gasteiger partial charge < -0.3 is 4.90 Å². The van der Waals surface area contributed by atoms with Gasteiger partial charge in [0.2, 0.25) is 5.91 Å². The minimum atomic E-state index is -3.33. The van der Waals surface area contributed by atoms with Crippen molar-refractivity contribution in [2.45, 2.75) is 69.2 Å². The maximum absolute atomic E-state index is 12.9. The third-order valence-electron chi connectivity index (χ3n) is 6.88. The van der Waals surface area contributed by atoms with Gasteiger partial charge in [-0.2, -0.15) is 5.10 Å². The molecule has 0 unspecified atom stereocenters. The minimum Gasteiger partial charge on any atom is -0.342 e. The van der Waals surface area contributed by atoms with Crippen molar-refractivity contribution in [3.8, 4) is 0 Å². The van der Waals surface area contributed by atoms with Crippen LogP contribution in [-0.2, 0) is 34.1 Å². The van der Waals surface area contributed by atoms with Gasteiger partial charge in [-0.25, -0.2) is 17.9 Å². The normalized spacial score (nSPS) is 14.9. The summed E-state index contributed by atoms with van der Waals surface area (Å²) in [7, 11) is -3.33. The lowest BCUT2D eigenvalue weighted by molar-refractivity contribution is -0.131. The van der Waals surface area contributed by atoms with E-state index >= 15 is 0 Å². The molecule has 0 saturated carbocycles. The number of amides is 1. The molecule has 9 heteroatoms. The number of aromatic nitrogens is 3. The topological polar surface area (TPSA) is 94.3 Å². The van der Waals surface area contributed by atoms with Crippen molar-refractivity contribution >= 4 is 15.7 Å². The molecular formula is C27H34N4O4S. The van der Waals surface area contributed by atoms with Crippen LogP contribution in [0.15, 0.2) is 64.3 Å². The molecule has 1 aliphatic heterocycles. The van der Waals surface area contributed by atoms with Crippen molar-refractivity contribution in [2.75, 3.05) is 13.1 Å². The lowest BCUT2D eigenvalue weighted by Crippen LogP contribution is -2.39. The van der Waals surface area contributed by atoms with E-state index in [1.807, 2.05) is 42.2 Å². The van der Waals surface area contributed by atoms with Crippen molar-refractivity contribution in [1.29, 1.82) is 0 Å². The Hall–Kier alpha value is -3.20. The summed E-state index contributed by atoms with van der Waals surface area (Å²) in [4.78, 5) is 28.0. The molecule has 0 spiro atoms. The average molecular weight is 511 g/mol. The molecule has 1 aromatic heterocycles. The molecule has 1 aliphatic rings. The zero-order valence-corrected chi connectivity index (χ0v) is 21.9. The van der Waals surface area contributed by atoms with Gasteiger partial charge in [0.05, 0.1) is 23.1 Å². The van der Waals surface area contributed by atoms with Crippen LogP contribution in [0, 0.1) is 0 Å². The summed E-state index contributed by atoms with van der Waals surface area (Å²) in [5, 5.41) is 4.21. The number of carbonyl (C=O) groups excluding carboxylic acids is 1. The Morgan fingerprint density at radius 1 is 1.00 bits per heavy atom. The highest BCUT2D eigenvalue weighted by atomic mass is 32.2. The van der Waals surface area contributed by atoms with Gasteiger partial charge in [-0.15, -0.1) is 0 Å². The smallest absolute Gasteiger partial charge is 0.342 e. The minimum absolute atomic E-state index is 0.0235. The van der Waals surface area contributed by atoms with E-state index < -0.39 is 15.1 Å². The fourth-order valence-corrected chi connectivity index (χ4v) is 5.72. The molecule has 3 aromatic rings. The monoisotopic (exact) mass is 510 g/mol. The molecule has 1 amide bonds. The molecule has 0 N–H and O–H groups in total. The summed E-state index contributed by atoms with van der Waals surface area (Å²) in [6, 6.07) is 16.4. The lowest BCUT2D eigenvalue weighted by Gasteiger charge is -2.31. The van der Waals surface area contributed by atoms with Crippen molar-refractivity contribution in [2.24, 2.45) is 0 Å². The van der Waals surface area contributed by atoms with E-state index in [4.69, 9.17) is 5.10 Å². The van der Waals surface area contributed by atoms with Gasteiger partial charge >= 0.3 is 5.69 Å². The van der Waals surface area contributed by atoms with Crippen LogP contribution in [0.3, 0.4) is 0 Å². The zero-order chi connectivity index (χ0) is 25.9. The van der Waals surface area contributed by atoms with Crippen LogP contribution in [-0.4, -0.2) is 51.9 Å². The Morgan fingerprint density at radius 3 is 2.22 bits per heavy atom. The molecule has 36 heavy (non-hydrogen) atoms. The highest BCUT2D eigenvalue weighted by Crippen LogP contribution is 2.27. The molecule has 4 rings (SSSR count). The first kappa shape index (κ1) is 25.9. The lowest BCUT2D eigenvalue weighted by atomic mass is 9.95. The van der Waals surface area contributed by atoms with Crippen LogP contribution < -0.4 is 5.69 Å². The Bertz CT molecular complexity index is 1350. The zero-order valence-electron chi connectivity index (χ0n) is 21.1. The van der Waals surface area contributed by atoms with Gasteiger partial charge in [0, 0.05) is 25.6 Å². The second-order valence-corrected chi connectivity index (χ2v) is 12.1. The van der Waals surface area contributed by atoms with Crippen LogP contribution in [0.25, 0.3) is 0 Å². The number of benzene rings is 2. The molecule has 0 aliphatic carbocycles. The average Bonchev–Trinajstić information content (AvgIpc) is 3.19. The fourth-order valence-electron chi connectivity index (χ4n) is 4.66. The second kappa shape index (κ2) is 10.8. The Kier molecular flexibility index (Phi) is 7.78. The number of nitrogens with zero attached hydrogens (tertiary/aromatic N) is 4. The van der Waals surface area contributed by atoms with Crippen molar-refractivity contribution in [3.05, 3.63) is 82.0 Å². The molecule has 1 saturated heterocycles. The Labute approximate surface area is 212 Å². The van der Waals surface area contributed by atoms with Crippen molar-refractivity contribution in [1.82, 2.24) is 19.2 Å². The second-order valence-electron chi connectivity index (χ2n) is 9.60. The van der Waals surface area contributed by atoms with Gasteiger partial charge in [0.15, 0.2) is 9.84 Å². The number of carbonyl (C=O) groups is 1. The van der Waals surface area contributed by atoms with Crippen LogP contribution in [0.2, 0.25) is 0 Å². The molecule has 0 atom stereocenters. The largest absolute Gasteiger partial charge is 0.346 e. The third kappa shape index (κ3) is 5.46. The van der Waals surface area contributed by atoms with E-state index in [1.54, 1.807) is 42.7 Å². The predicted octanol–water partition coefficient (Wildman–Crippen LogP) is 3.24. The molecule has 2 heterocycles. The first-order chi connectivity index (χ1) is 17.2. The summed E-state index contributed by atoms with van der Waals surface area (Å²) < 4.78 is 27.9. The standard InChI is InChI=1S/C27H34N4O4S/c1-4-30-26(28-31(27(30)33)19-22-8-6-5-7-9-22)23-14-16-29(17-15-23)25(32)18-21-10-12-24(13-11-21)36(34,35)20(2)3/h5-13,20,23H,4,14-19H2,1-3H3. The van der Waals surface area contributed by atoms with Crippen molar-refractivity contribution < 1.29 is 13.2 Å². The quantitative estimate of drug-likeness (QED) is 0.464. The Morgan fingerprint density at radius 2 is 1.64 bits per heavy atom. The summed E-state index contributed by atoms with van der Waals surface area (Å²) in [5.74, 6) is 0.946. The van der Waals surface area contributed by atoms with Gasteiger partial charge in [-0.1, -0.05) is 42.5 Å². The van der Waals surface area contributed by atoms with Crippen LogP contribution in [0.5, 0.6) is 0 Å². The molecule has 8 nitrogen and oxygen atoms in total. The van der Waals surface area contributed by atoms with E-state index in [0.29, 0.717) is 26.2 Å². The van der Waals surface area contributed by atoms with Crippen LogP contribution >= 0.6 is 0 Å². The van der Waals surface area contributed by atoms with E-state index in [0.717, 1.165) is 29.8 Å². The van der Waals surface area contributed by atoms with Crippen LogP contribution in [0.4, 0.5) is 0 Å². The number of hydrogen-bond acceptors (Lipinski definition) is 5. The van der Waals surface area contributed by atoms with E-state index in [9.17, 15) is 18.0 Å². The molecule has 0 radical (unpaired) electrons. The molecule has 192 valence electrons. The maximum atomic E-state index is 12.9. The molecule has 2 aromatic carbocycles. The Balaban J connectivity index is 1.39. The fraction of sp³-hybridized carbons (Fsp3) is 0.444. The van der Waals surface area contributed by atoms with Gasteiger partial charge in [-0.05, 0) is 56.9 Å². The van der Waals surface area contributed by atoms with E-state index in [1.165, 1.54) is 4.68 Å². The van der Waals surface area contributed by atoms with Crippen molar-refractivity contribution in [3.63, 3.8) is 0 Å². The highest BCUT2D eigenvalue weighted by molar-refractivity contribution is 7.92. The van der Waals surface area contributed by atoms with E-state index in [2.05, 4.69) is 0 Å². The maximum Gasteiger partial charge on any atom is 0.346 e. The van der Waals surface area contributed by atoms with Gasteiger partial charge in [0.25, 0.3) is 0 Å². The number of rotatable bonds is 8. The SMILES string of the molecule is CCn1c(C2CCN(C(=O)Cc3ccc(S(=O)(=O)C(C)C)cc3)CC2)nn(Cc2ccccc2)c1=O. The van der Waals surface area contributed by atoms with E-state index in [-0.39, 0.29) is 28.8 Å². The predicted molar refractivity (Wildman–Crippen MR) is 139 cm³/mol. The van der Waals surface area contributed by atoms with Gasteiger partial charge in [0.1, 0.15) is 5.82 Å². The molecular weight excluding hydrogens is 476 g/mol. The number of piperidine rings is 1. The summed E-state index contributed by atoms with van der Waals surface area (Å²) >= 11 is 0. The highest BCUT2D eigenvalue weighted by Gasteiger charge is 2.28. The summed E-state index contributed by atoms with van der Waals surface area (Å²) in [6.07, 6.45) is 1.73. The number of likely N-dealkylation sites (tertiary alicyclic amines) is 1. The summed E-state index contributed by atoms with van der Waals surface area (Å²) in [5.41, 5.74) is 1.73. The van der Waals surface area contributed by atoms with Gasteiger partial charge in [-0.3, -0.25) is 9.36 Å². The first-order valence-electron chi connectivity index (χ1n) is 12.5. The molecule has 0 bridgehead atoms. The molecule has 1 fully saturated rings. The third-order valence-corrected chi connectivity index (χ3v) is 9.05. The number of sulfone groups is 1. The summed E-state index contributed by atoms with van der Waals surface area (Å²) in [6.45, 7) is 7.47.